The average Bonchev–Trinajstić information content (AvgIpc) is 1.71. The summed E-state index contributed by atoms with van der Waals surface area (Å²) >= 11 is 0. The smallest absolute Gasteiger partial charge is 0.243 e. The third-order valence-corrected chi connectivity index (χ3v) is 20.8. The second-order valence-electron chi connectivity index (χ2n) is 30.7. The second kappa shape index (κ2) is 50.0. The molecule has 0 fully saturated rings. The van der Waals surface area contributed by atoms with Crippen LogP contribution in [0.3, 0.4) is 0 Å². The van der Waals surface area contributed by atoms with Gasteiger partial charge in [-0.25, -0.2) is 0 Å². The van der Waals surface area contributed by atoms with Gasteiger partial charge >= 0.3 is 0 Å². The lowest BCUT2D eigenvalue weighted by atomic mass is 10.00. The number of unbranched alkanes of at least 4 members (excludes halogenated alkanes) is 2. The molecule has 0 saturated carbocycles. The number of amides is 11. The molecule has 7 aromatic rings. The molecule has 0 saturated heterocycles. The van der Waals surface area contributed by atoms with Gasteiger partial charge in [-0.1, -0.05) is 98.8 Å². The standard InChI is InChI=1S/C83H123N29O11/c1-47(2)68(86)79(123)112-67(43-51-46-102-57-27-11-8-24-54(51)57)78(122)108-61(31-17-37-97-81(90)91)71(115)104-60(29-13-15-35-85)73(117)110-65(41-49-44-100-55-25-9-6-22-52(49)55)76(120)107-62(32-18-38-98-82(92)93)72(116)105-63(33-19-39-99-83(94)95)74(118)109-64(40-48-20-4-3-5-21-48)75(119)111-66(42-50-45-101-56-26-10-7-23-53(50)56)77(121)106-59(28-12-14-34-84)70(114)103-58(69(87)113)30-16-36-96-80(88)89/h3-11,20-27,44-47,58-68,100-102H,12-19,28-43,84-86H2,1-2H3,(H2,87,113)(H,103,114)(H,104,115)(H,105,116)(H,106,121)(H,107,120)(H,108,122)(H,109,118)(H,110,117)(H,111,119)(H,112,123)(H4,88,89,96)(H4,90,91,97)(H4,92,93,98)(H4,94,95,99)/t58-,59-,60-,61-,62-,63-,64-,65-,66-,67-,68-/m0/s1. The van der Waals surface area contributed by atoms with Crippen LogP contribution in [-0.2, 0) is 78.4 Å². The lowest BCUT2D eigenvalue weighted by Gasteiger charge is -2.29. The van der Waals surface area contributed by atoms with Crippen LogP contribution in [0.25, 0.3) is 32.7 Å². The SMILES string of the molecule is CC(C)[C@H](N)C(=O)N[C@@H](Cc1c[nH]c2ccccc12)C(=O)N[C@@H](CCCNC(=N)N)C(=O)N[C@@H](CCCCN)C(=O)N[C@@H](Cc1c[nH]c2ccccc12)C(=O)N[C@@H](CCCNC(=N)N)C(=O)N[C@@H](CCCNC(=N)N)C(=O)N[C@@H](Cc1ccccc1)C(=O)N[C@@H](Cc1c[nH]c2ccccc12)C(=O)N[C@@H](CCCCN)C(=O)N[C@@H](CCCNC(=N)N)C(N)=O. The van der Waals surface area contributed by atoms with Gasteiger partial charge in [-0.3, -0.25) is 74.4 Å². The fraction of sp³-hybridized carbons (Fsp3) is 0.458. The van der Waals surface area contributed by atoms with Gasteiger partial charge in [0.05, 0.1) is 6.04 Å². The Morgan fingerprint density at radius 3 is 0.837 bits per heavy atom. The van der Waals surface area contributed by atoms with Gasteiger partial charge in [0.25, 0.3) is 0 Å². The van der Waals surface area contributed by atoms with Gasteiger partial charge in [0, 0.05) is 103 Å². The Morgan fingerprint density at radius 1 is 0.309 bits per heavy atom. The highest BCUT2D eigenvalue weighted by Gasteiger charge is 2.38. The maximum atomic E-state index is 15.5. The van der Waals surface area contributed by atoms with Crippen LogP contribution in [0, 0.1) is 27.6 Å². The van der Waals surface area contributed by atoms with Gasteiger partial charge < -0.3 is 135 Å². The van der Waals surface area contributed by atoms with Gasteiger partial charge in [0.15, 0.2) is 23.8 Å². The lowest BCUT2D eigenvalue weighted by Crippen LogP contribution is -2.61. The molecule has 123 heavy (non-hydrogen) atoms. The van der Waals surface area contributed by atoms with Crippen LogP contribution >= 0.6 is 0 Å². The fourth-order valence-electron chi connectivity index (χ4n) is 14.0. The van der Waals surface area contributed by atoms with E-state index in [1.54, 1.807) is 99.2 Å². The maximum Gasteiger partial charge on any atom is 0.243 e. The summed E-state index contributed by atoms with van der Waals surface area (Å²) in [7, 11) is 0. The minimum absolute atomic E-state index is 0.00525. The number of benzene rings is 4. The number of rotatable bonds is 54. The predicted molar refractivity (Wildman–Crippen MR) is 470 cm³/mol. The summed E-state index contributed by atoms with van der Waals surface area (Å²) in [6.07, 6.45) is 5.90. The first-order valence-corrected chi connectivity index (χ1v) is 41.4. The van der Waals surface area contributed by atoms with Crippen molar-refractivity contribution in [2.24, 2.45) is 51.8 Å². The Kier molecular flexibility index (Phi) is 39.3. The van der Waals surface area contributed by atoms with E-state index in [4.69, 9.17) is 67.5 Å². The molecule has 0 radical (unpaired) electrons. The number of H-pyrrole nitrogens is 3. The highest BCUT2D eigenvalue weighted by molar-refractivity contribution is 6.00. The van der Waals surface area contributed by atoms with Crippen molar-refractivity contribution in [3.63, 3.8) is 0 Å². The van der Waals surface area contributed by atoms with Crippen molar-refractivity contribution in [1.82, 2.24) is 89.4 Å². The van der Waals surface area contributed by atoms with Crippen LogP contribution in [-0.4, -0.2) is 209 Å². The normalized spacial score (nSPS) is 13.9. The molecule has 0 spiro atoms. The molecular weight excluding hydrogens is 1580 g/mol. The Morgan fingerprint density at radius 2 is 0.553 bits per heavy atom. The molecule has 0 unspecified atom stereocenters. The van der Waals surface area contributed by atoms with Gasteiger partial charge in [0.1, 0.15) is 60.4 Å². The quantitative estimate of drug-likeness (QED) is 0.0112. The molecule has 4 aromatic carbocycles. The number of primary amides is 1. The molecule has 0 aliphatic heterocycles. The summed E-state index contributed by atoms with van der Waals surface area (Å²) in [5, 5.41) is 71.9. The van der Waals surface area contributed by atoms with Gasteiger partial charge in [-0.15, -0.1) is 0 Å². The first-order valence-electron chi connectivity index (χ1n) is 41.4. The largest absolute Gasteiger partial charge is 0.370 e. The number of fused-ring (bicyclic) bond motifs is 3. The average molecular weight is 1700 g/mol. The molecule has 0 aliphatic carbocycles. The van der Waals surface area contributed by atoms with Crippen LogP contribution in [0.2, 0.25) is 0 Å². The number of para-hydroxylation sites is 3. The van der Waals surface area contributed by atoms with Crippen LogP contribution in [0.15, 0.2) is 122 Å². The number of carbonyl (C=O) groups excluding carboxylic acids is 11. The van der Waals surface area contributed by atoms with Crippen LogP contribution < -0.4 is 120 Å². The van der Waals surface area contributed by atoms with E-state index in [1.807, 2.05) is 36.4 Å². The highest BCUT2D eigenvalue weighted by atomic mass is 16.2. The van der Waals surface area contributed by atoms with E-state index < -0.39 is 143 Å². The molecule has 40 heteroatoms. The van der Waals surface area contributed by atoms with Crippen molar-refractivity contribution in [1.29, 1.82) is 21.6 Å². The molecule has 666 valence electrons. The molecule has 37 N–H and O–H groups in total. The number of guanidine groups is 4. The number of aromatic amines is 3. The summed E-state index contributed by atoms with van der Waals surface area (Å²) in [5.41, 5.74) is 50.9. The monoisotopic (exact) mass is 1700 g/mol. The fourth-order valence-corrected chi connectivity index (χ4v) is 14.0. The van der Waals surface area contributed by atoms with Gasteiger partial charge in [0.2, 0.25) is 65.0 Å². The number of carbonyl (C=O) groups is 11. The molecule has 11 amide bonds. The number of aromatic nitrogens is 3. The van der Waals surface area contributed by atoms with Gasteiger partial charge in [-0.05, 0) is 149 Å². The third kappa shape index (κ3) is 31.9. The van der Waals surface area contributed by atoms with E-state index in [0.717, 1.165) is 10.9 Å². The zero-order valence-corrected chi connectivity index (χ0v) is 69.6. The van der Waals surface area contributed by atoms with E-state index in [-0.39, 0.29) is 153 Å². The van der Waals surface area contributed by atoms with Crippen molar-refractivity contribution in [3.05, 3.63) is 144 Å². The summed E-state index contributed by atoms with van der Waals surface area (Å²) in [5.74, 6) is -11.0. The maximum absolute atomic E-state index is 15.5. The van der Waals surface area contributed by atoms with Crippen molar-refractivity contribution in [2.45, 2.75) is 196 Å². The van der Waals surface area contributed by atoms with E-state index in [2.05, 4.69) is 89.4 Å². The topological polar surface area (TPSA) is 707 Å². The van der Waals surface area contributed by atoms with Crippen molar-refractivity contribution in [2.75, 3.05) is 39.3 Å². The van der Waals surface area contributed by atoms with Crippen LogP contribution in [0.5, 0.6) is 0 Å². The number of nitrogens with two attached hydrogens (primary N) is 8. The number of hydrogen-bond donors (Lipinski definition) is 29. The van der Waals surface area contributed by atoms with Crippen molar-refractivity contribution in [3.8, 4) is 0 Å². The molecule has 0 bridgehead atoms. The Labute approximate surface area is 713 Å². The minimum atomic E-state index is -1.56. The Bertz CT molecular complexity index is 4720. The van der Waals surface area contributed by atoms with Crippen molar-refractivity contribution < 1.29 is 52.7 Å². The second-order valence-corrected chi connectivity index (χ2v) is 30.7. The van der Waals surface area contributed by atoms with Crippen LogP contribution in [0.4, 0.5) is 0 Å². The minimum Gasteiger partial charge on any atom is -0.370 e. The molecule has 7 rings (SSSR count). The summed E-state index contributed by atoms with van der Waals surface area (Å²) in [6, 6.07) is 15.0. The molecule has 3 aromatic heterocycles. The van der Waals surface area contributed by atoms with Crippen LogP contribution in [0.1, 0.15) is 126 Å². The molecule has 40 nitrogen and oxygen atoms in total. The lowest BCUT2D eigenvalue weighted by molar-refractivity contribution is -0.136. The summed E-state index contributed by atoms with van der Waals surface area (Å²) < 4.78 is 0. The summed E-state index contributed by atoms with van der Waals surface area (Å²) in [4.78, 5) is 172. The molecule has 11 atom stereocenters. The predicted octanol–water partition coefficient (Wildman–Crippen LogP) is -1.97. The van der Waals surface area contributed by atoms with E-state index in [0.29, 0.717) is 63.3 Å². The van der Waals surface area contributed by atoms with Crippen molar-refractivity contribution >= 4 is 122 Å². The molecule has 0 aliphatic rings. The summed E-state index contributed by atoms with van der Waals surface area (Å²) in [6.45, 7) is 4.22. The third-order valence-electron chi connectivity index (χ3n) is 20.8. The molecule has 3 heterocycles. The zero-order chi connectivity index (χ0) is 89.5. The Hall–Kier alpha value is -13.4. The molecular formula is C83H123N29O11. The number of hydrogen-bond acceptors (Lipinski definition) is 18. The van der Waals surface area contributed by atoms with E-state index in [1.165, 1.54) is 0 Å². The van der Waals surface area contributed by atoms with E-state index >= 15 is 33.6 Å². The first kappa shape index (κ1) is 96.8. The first-order chi connectivity index (χ1) is 58.9. The number of nitrogens with one attached hydrogen (secondary N) is 21. The van der Waals surface area contributed by atoms with Gasteiger partial charge in [-0.2, -0.15) is 0 Å². The highest BCUT2D eigenvalue weighted by Crippen LogP contribution is 2.24. The Balaban J connectivity index is 1.21. The van der Waals surface area contributed by atoms with E-state index in [9.17, 15) is 19.2 Å². The zero-order valence-electron chi connectivity index (χ0n) is 69.6.